The van der Waals surface area contributed by atoms with Crippen LogP contribution in [0.2, 0.25) is 0 Å². The van der Waals surface area contributed by atoms with Gasteiger partial charge in [0, 0.05) is 11.7 Å². The summed E-state index contributed by atoms with van der Waals surface area (Å²) in [5, 5.41) is 3.60. The average molecular weight is 423 g/mol. The molecule has 1 saturated carbocycles. The highest BCUT2D eigenvalue weighted by molar-refractivity contribution is 8.05. The van der Waals surface area contributed by atoms with Crippen molar-refractivity contribution in [2.24, 2.45) is 5.92 Å². The average Bonchev–Trinajstić information content (AvgIpc) is 3.05. The standard InChI is InChI=1S/C25H30N2O2S/c1-17-9-7-8-12-22(17)27-24(28)23(16-19-13-14-21(29-3)15-18(19)2)30-25(27)26-20-10-5-4-6-11-20/h4-6,10-11,13-17,22,25-26H,7-9,12H2,1-3H3/b23-16-/t17-,22-,25?/m1/s1. The molecule has 1 amide bonds. The minimum absolute atomic E-state index is 0.0877. The van der Waals surface area contributed by atoms with Gasteiger partial charge in [0.2, 0.25) is 0 Å². The van der Waals surface area contributed by atoms with Crippen LogP contribution in [0.3, 0.4) is 0 Å². The lowest BCUT2D eigenvalue weighted by Gasteiger charge is -2.39. The van der Waals surface area contributed by atoms with Crippen LogP contribution < -0.4 is 10.1 Å². The smallest absolute Gasteiger partial charge is 0.262 e. The fourth-order valence-electron chi connectivity index (χ4n) is 4.45. The van der Waals surface area contributed by atoms with Crippen LogP contribution in [0.25, 0.3) is 6.08 Å². The molecule has 2 aromatic rings. The molecule has 1 aliphatic heterocycles. The third-order valence-electron chi connectivity index (χ3n) is 6.19. The van der Waals surface area contributed by atoms with Gasteiger partial charge in [0.1, 0.15) is 5.75 Å². The molecule has 4 rings (SSSR count). The zero-order valence-corrected chi connectivity index (χ0v) is 18.7. The number of aryl methyl sites for hydroxylation is 1. The first kappa shape index (κ1) is 20.9. The number of thioether (sulfide) groups is 1. The highest BCUT2D eigenvalue weighted by atomic mass is 32.2. The van der Waals surface area contributed by atoms with Crippen LogP contribution in [0.1, 0.15) is 43.7 Å². The summed E-state index contributed by atoms with van der Waals surface area (Å²) < 4.78 is 5.32. The topological polar surface area (TPSA) is 41.6 Å². The number of nitrogens with one attached hydrogen (secondary N) is 1. The van der Waals surface area contributed by atoms with Gasteiger partial charge >= 0.3 is 0 Å². The molecule has 0 aromatic heterocycles. The van der Waals surface area contributed by atoms with E-state index in [1.54, 1.807) is 18.9 Å². The number of amides is 1. The van der Waals surface area contributed by atoms with E-state index in [9.17, 15) is 4.79 Å². The Morgan fingerprint density at radius 3 is 2.60 bits per heavy atom. The molecule has 1 heterocycles. The summed E-state index contributed by atoms with van der Waals surface area (Å²) in [5.41, 5.74) is 3.12. The molecule has 4 nitrogen and oxygen atoms in total. The molecule has 0 bridgehead atoms. The molecule has 2 fully saturated rings. The van der Waals surface area contributed by atoms with Crippen molar-refractivity contribution in [2.45, 2.75) is 51.1 Å². The van der Waals surface area contributed by atoms with Crippen molar-refractivity contribution in [2.75, 3.05) is 12.4 Å². The van der Waals surface area contributed by atoms with Crippen LogP contribution in [0.5, 0.6) is 5.75 Å². The molecule has 1 saturated heterocycles. The van der Waals surface area contributed by atoms with E-state index in [0.29, 0.717) is 5.92 Å². The molecular formula is C25H30N2O2S. The summed E-state index contributed by atoms with van der Waals surface area (Å²) in [6.07, 6.45) is 6.76. The van der Waals surface area contributed by atoms with E-state index in [1.807, 2.05) is 42.5 Å². The van der Waals surface area contributed by atoms with E-state index in [2.05, 4.69) is 36.2 Å². The summed E-state index contributed by atoms with van der Waals surface area (Å²) >= 11 is 1.63. The molecule has 1 N–H and O–H groups in total. The third-order valence-corrected chi connectivity index (χ3v) is 7.30. The number of para-hydroxylation sites is 1. The van der Waals surface area contributed by atoms with Crippen LogP contribution in [0, 0.1) is 12.8 Å². The Morgan fingerprint density at radius 1 is 1.13 bits per heavy atom. The SMILES string of the molecule is COc1ccc(/C=C2\SC(Nc3ccccc3)N([C@@H]3CCCC[C@H]3C)C2=O)c(C)c1. The van der Waals surface area contributed by atoms with Gasteiger partial charge in [-0.25, -0.2) is 0 Å². The summed E-state index contributed by atoms with van der Waals surface area (Å²) in [4.78, 5) is 16.5. The fourth-order valence-corrected chi connectivity index (χ4v) is 5.65. The van der Waals surface area contributed by atoms with Crippen LogP contribution >= 0.6 is 11.8 Å². The van der Waals surface area contributed by atoms with E-state index in [4.69, 9.17) is 4.74 Å². The van der Waals surface area contributed by atoms with E-state index < -0.39 is 0 Å². The molecular weight excluding hydrogens is 392 g/mol. The number of rotatable bonds is 5. The quantitative estimate of drug-likeness (QED) is 0.610. The van der Waals surface area contributed by atoms with Gasteiger partial charge in [0.15, 0.2) is 5.50 Å². The Labute approximate surface area is 183 Å². The fraction of sp³-hybridized carbons (Fsp3) is 0.400. The second kappa shape index (κ2) is 9.17. The molecule has 3 atom stereocenters. The Morgan fingerprint density at radius 2 is 1.90 bits per heavy atom. The van der Waals surface area contributed by atoms with Crippen molar-refractivity contribution < 1.29 is 9.53 Å². The van der Waals surface area contributed by atoms with Crippen molar-refractivity contribution in [1.82, 2.24) is 4.90 Å². The van der Waals surface area contributed by atoms with Gasteiger partial charge in [-0.15, -0.1) is 0 Å². The predicted octanol–water partition coefficient (Wildman–Crippen LogP) is 5.89. The Hall–Kier alpha value is -2.40. The number of carbonyl (C=O) groups is 1. The molecule has 30 heavy (non-hydrogen) atoms. The Bertz CT molecular complexity index is 928. The molecule has 2 aliphatic rings. The van der Waals surface area contributed by atoms with E-state index >= 15 is 0 Å². The molecule has 5 heteroatoms. The third kappa shape index (κ3) is 4.36. The van der Waals surface area contributed by atoms with Gasteiger partial charge in [0.25, 0.3) is 5.91 Å². The Kier molecular flexibility index (Phi) is 6.38. The van der Waals surface area contributed by atoms with Crippen LogP contribution in [-0.2, 0) is 4.79 Å². The molecule has 0 radical (unpaired) electrons. The zero-order chi connectivity index (χ0) is 21.1. The normalized spacial score (nSPS) is 25.6. The number of methoxy groups -OCH3 is 1. The molecule has 1 unspecified atom stereocenters. The van der Waals surface area contributed by atoms with Crippen molar-refractivity contribution in [1.29, 1.82) is 0 Å². The number of benzene rings is 2. The lowest BCUT2D eigenvalue weighted by molar-refractivity contribution is -0.129. The lowest BCUT2D eigenvalue weighted by atomic mass is 9.85. The summed E-state index contributed by atoms with van der Waals surface area (Å²) in [6, 6.07) is 16.4. The molecule has 2 aromatic carbocycles. The van der Waals surface area contributed by atoms with Gasteiger partial charge in [-0.05, 0) is 67.2 Å². The number of nitrogens with zero attached hydrogens (tertiary/aromatic N) is 1. The van der Waals surface area contributed by atoms with Gasteiger partial charge in [-0.2, -0.15) is 0 Å². The van der Waals surface area contributed by atoms with Crippen molar-refractivity contribution in [3.63, 3.8) is 0 Å². The van der Waals surface area contributed by atoms with E-state index in [0.717, 1.165) is 33.9 Å². The molecule has 1 aliphatic carbocycles. The van der Waals surface area contributed by atoms with Crippen molar-refractivity contribution in [3.05, 3.63) is 64.6 Å². The maximum atomic E-state index is 13.6. The van der Waals surface area contributed by atoms with Gasteiger partial charge in [0.05, 0.1) is 12.0 Å². The second-order valence-electron chi connectivity index (χ2n) is 8.25. The van der Waals surface area contributed by atoms with E-state index in [-0.39, 0.29) is 17.4 Å². The minimum Gasteiger partial charge on any atom is -0.497 e. The molecule has 0 spiro atoms. The zero-order valence-electron chi connectivity index (χ0n) is 17.9. The summed E-state index contributed by atoms with van der Waals surface area (Å²) in [7, 11) is 1.67. The van der Waals surface area contributed by atoms with Gasteiger partial charge in [-0.1, -0.05) is 55.8 Å². The van der Waals surface area contributed by atoms with Gasteiger partial charge < -0.3 is 15.0 Å². The van der Waals surface area contributed by atoms with Crippen molar-refractivity contribution >= 4 is 29.4 Å². The number of hydrogen-bond donors (Lipinski definition) is 1. The first-order valence-corrected chi connectivity index (χ1v) is 11.6. The highest BCUT2D eigenvalue weighted by Gasteiger charge is 2.42. The number of ether oxygens (including phenoxy) is 1. The number of carbonyl (C=O) groups excluding carboxylic acids is 1. The van der Waals surface area contributed by atoms with E-state index in [1.165, 1.54) is 19.3 Å². The van der Waals surface area contributed by atoms with Gasteiger partial charge in [-0.3, -0.25) is 4.79 Å². The maximum absolute atomic E-state index is 13.6. The first-order valence-electron chi connectivity index (χ1n) is 10.7. The van der Waals surface area contributed by atoms with Crippen LogP contribution in [0.4, 0.5) is 5.69 Å². The summed E-state index contributed by atoms with van der Waals surface area (Å²) in [6.45, 7) is 4.34. The van der Waals surface area contributed by atoms with Crippen molar-refractivity contribution in [3.8, 4) is 5.75 Å². The maximum Gasteiger partial charge on any atom is 0.262 e. The van der Waals surface area contributed by atoms with Crippen LogP contribution in [0.15, 0.2) is 53.4 Å². The number of anilines is 1. The summed E-state index contributed by atoms with van der Waals surface area (Å²) in [5.74, 6) is 1.49. The lowest BCUT2D eigenvalue weighted by Crippen LogP contribution is -2.48. The monoisotopic (exact) mass is 422 g/mol. The minimum atomic E-state index is -0.0877. The first-order chi connectivity index (χ1) is 14.6. The molecule has 158 valence electrons. The highest BCUT2D eigenvalue weighted by Crippen LogP contribution is 2.42. The number of hydrogen-bond acceptors (Lipinski definition) is 4. The van der Waals surface area contributed by atoms with Crippen LogP contribution in [-0.4, -0.2) is 29.5 Å². The Balaban J connectivity index is 1.65. The largest absolute Gasteiger partial charge is 0.497 e. The second-order valence-corrected chi connectivity index (χ2v) is 9.38. The predicted molar refractivity (Wildman–Crippen MR) is 125 cm³/mol.